The van der Waals surface area contributed by atoms with E-state index in [0.29, 0.717) is 36.1 Å². The number of methoxy groups -OCH3 is 1. The number of para-hydroxylation sites is 1. The van der Waals surface area contributed by atoms with Crippen molar-refractivity contribution in [1.82, 2.24) is 29.4 Å². The molecule has 190 valence electrons. The Labute approximate surface area is 219 Å². The lowest BCUT2D eigenvalue weighted by Gasteiger charge is -2.15. The minimum atomic E-state index is -0.360. The van der Waals surface area contributed by atoms with Crippen molar-refractivity contribution < 1.29 is 9.53 Å². The van der Waals surface area contributed by atoms with Crippen LogP contribution in [0.25, 0.3) is 16.6 Å². The molecular formula is C27H29N7O2S. The van der Waals surface area contributed by atoms with Gasteiger partial charge in [-0.05, 0) is 62.7 Å². The molecule has 0 aliphatic heterocycles. The first-order chi connectivity index (χ1) is 17.9. The summed E-state index contributed by atoms with van der Waals surface area (Å²) in [5.41, 5.74) is 4.38. The van der Waals surface area contributed by atoms with E-state index < -0.39 is 0 Å². The van der Waals surface area contributed by atoms with Crippen LogP contribution in [-0.2, 0) is 17.8 Å². The minimum Gasteiger partial charge on any atom is -0.497 e. The van der Waals surface area contributed by atoms with E-state index in [-0.39, 0.29) is 11.2 Å². The first-order valence-electron chi connectivity index (χ1n) is 12.2. The number of aromatic nitrogens is 6. The average molecular weight is 516 g/mol. The summed E-state index contributed by atoms with van der Waals surface area (Å²) < 4.78 is 8.95. The Morgan fingerprint density at radius 1 is 1.08 bits per heavy atom. The van der Waals surface area contributed by atoms with E-state index in [1.165, 1.54) is 11.8 Å². The highest BCUT2D eigenvalue weighted by Crippen LogP contribution is 2.29. The highest BCUT2D eigenvalue weighted by molar-refractivity contribution is 8.00. The molecule has 3 heterocycles. The second kappa shape index (κ2) is 10.6. The second-order valence-corrected chi connectivity index (χ2v) is 9.98. The number of carbonyl (C=O) groups excluding carboxylic acids is 1. The molecule has 5 rings (SSSR count). The molecule has 0 saturated carbocycles. The zero-order valence-electron chi connectivity index (χ0n) is 21.3. The van der Waals surface area contributed by atoms with E-state index in [1.807, 2.05) is 74.0 Å². The van der Waals surface area contributed by atoms with Gasteiger partial charge in [0.25, 0.3) is 0 Å². The Bertz CT molecular complexity index is 1560. The number of ether oxygens (including phenoxy) is 1. The number of benzene rings is 2. The lowest BCUT2D eigenvalue weighted by atomic mass is 10.2. The molecule has 0 saturated heterocycles. The molecule has 0 fully saturated rings. The van der Waals surface area contributed by atoms with E-state index in [9.17, 15) is 4.79 Å². The maximum Gasteiger partial charge on any atom is 0.237 e. The molecule has 2 aromatic carbocycles. The third kappa shape index (κ3) is 5.29. The molecule has 3 aromatic heterocycles. The average Bonchev–Trinajstić information content (AvgIpc) is 3.48. The Balaban J connectivity index is 1.43. The molecule has 1 amide bonds. The number of nitrogens with one attached hydrogen (secondary N) is 1. The number of hydrogen-bond acceptors (Lipinski definition) is 7. The highest BCUT2D eigenvalue weighted by atomic mass is 32.2. The van der Waals surface area contributed by atoms with E-state index in [2.05, 4.69) is 16.5 Å². The summed E-state index contributed by atoms with van der Waals surface area (Å²) in [5, 5.41) is 13.5. The van der Waals surface area contributed by atoms with Gasteiger partial charge in [-0.1, -0.05) is 30.8 Å². The molecule has 9 nitrogen and oxygen atoms in total. The van der Waals surface area contributed by atoms with Gasteiger partial charge in [0.1, 0.15) is 5.75 Å². The summed E-state index contributed by atoms with van der Waals surface area (Å²) >= 11 is 1.40. The van der Waals surface area contributed by atoms with Crippen molar-refractivity contribution in [1.29, 1.82) is 0 Å². The van der Waals surface area contributed by atoms with Crippen molar-refractivity contribution in [3.05, 3.63) is 71.8 Å². The van der Waals surface area contributed by atoms with Crippen LogP contribution in [0.4, 0.5) is 5.69 Å². The van der Waals surface area contributed by atoms with Crippen molar-refractivity contribution in [2.45, 2.75) is 50.6 Å². The zero-order valence-corrected chi connectivity index (χ0v) is 22.1. The summed E-state index contributed by atoms with van der Waals surface area (Å²) in [6.45, 7) is 6.71. The van der Waals surface area contributed by atoms with Gasteiger partial charge in [-0.2, -0.15) is 9.61 Å². The largest absolute Gasteiger partial charge is 0.497 e. The molecule has 0 radical (unpaired) electrons. The molecule has 0 unspecified atom stereocenters. The number of carbonyl (C=O) groups is 1. The second-order valence-electron chi connectivity index (χ2n) is 8.81. The lowest BCUT2D eigenvalue weighted by molar-refractivity contribution is -0.115. The van der Waals surface area contributed by atoms with Crippen molar-refractivity contribution >= 4 is 39.9 Å². The van der Waals surface area contributed by atoms with Crippen LogP contribution in [0.1, 0.15) is 30.6 Å². The quantitative estimate of drug-likeness (QED) is 0.221. The molecule has 0 aliphatic carbocycles. The van der Waals surface area contributed by atoms with E-state index in [0.717, 1.165) is 33.7 Å². The monoisotopic (exact) mass is 515 g/mol. The van der Waals surface area contributed by atoms with E-state index in [4.69, 9.17) is 19.8 Å². The van der Waals surface area contributed by atoms with Crippen molar-refractivity contribution in [2.75, 3.05) is 12.4 Å². The number of aryl methyl sites for hydroxylation is 4. The summed E-state index contributed by atoms with van der Waals surface area (Å²) in [6.07, 6.45) is 1.26. The third-order valence-electron chi connectivity index (χ3n) is 6.11. The molecule has 0 bridgehead atoms. The Hall–Kier alpha value is -3.92. The first kappa shape index (κ1) is 24.8. The van der Waals surface area contributed by atoms with E-state index >= 15 is 0 Å². The van der Waals surface area contributed by atoms with Crippen LogP contribution in [0.2, 0.25) is 0 Å². The maximum absolute atomic E-state index is 13.2. The van der Waals surface area contributed by atoms with Crippen LogP contribution < -0.4 is 10.1 Å². The Morgan fingerprint density at radius 2 is 1.86 bits per heavy atom. The summed E-state index contributed by atoms with van der Waals surface area (Å²) in [7, 11) is 1.61. The van der Waals surface area contributed by atoms with Gasteiger partial charge in [0.05, 0.1) is 23.6 Å². The first-order valence-corrected chi connectivity index (χ1v) is 13.1. The summed E-state index contributed by atoms with van der Waals surface area (Å²) in [5.74, 6) is 1.36. The number of nitrogens with zero attached hydrogens (tertiary/aromatic N) is 6. The molecule has 0 aliphatic rings. The third-order valence-corrected chi connectivity index (χ3v) is 7.42. The fourth-order valence-corrected chi connectivity index (χ4v) is 5.17. The number of hydrogen-bond donors (Lipinski definition) is 1. The number of anilines is 1. The van der Waals surface area contributed by atoms with Crippen LogP contribution >= 0.6 is 11.8 Å². The molecule has 10 heteroatoms. The van der Waals surface area contributed by atoms with Gasteiger partial charge in [-0.3, -0.25) is 9.48 Å². The molecule has 5 aromatic rings. The van der Waals surface area contributed by atoms with E-state index in [1.54, 1.807) is 11.6 Å². The molecule has 1 N–H and O–H groups in total. The topological polar surface area (TPSA) is 99.2 Å². The van der Waals surface area contributed by atoms with Gasteiger partial charge in [0.15, 0.2) is 16.6 Å². The fourth-order valence-electron chi connectivity index (χ4n) is 4.21. The van der Waals surface area contributed by atoms with Crippen LogP contribution in [-0.4, -0.2) is 47.6 Å². The number of rotatable bonds is 9. The van der Waals surface area contributed by atoms with Gasteiger partial charge in [0.2, 0.25) is 5.91 Å². The van der Waals surface area contributed by atoms with Crippen LogP contribution in [0, 0.1) is 13.8 Å². The van der Waals surface area contributed by atoms with Crippen molar-refractivity contribution in [3.63, 3.8) is 0 Å². The van der Waals surface area contributed by atoms with Gasteiger partial charge < -0.3 is 10.1 Å². The van der Waals surface area contributed by atoms with Crippen molar-refractivity contribution in [2.24, 2.45) is 0 Å². The predicted molar refractivity (Wildman–Crippen MR) is 145 cm³/mol. The smallest absolute Gasteiger partial charge is 0.237 e. The molecule has 0 spiro atoms. The van der Waals surface area contributed by atoms with Gasteiger partial charge in [-0.25, -0.2) is 9.97 Å². The highest BCUT2D eigenvalue weighted by Gasteiger charge is 2.23. The van der Waals surface area contributed by atoms with Gasteiger partial charge >= 0.3 is 0 Å². The summed E-state index contributed by atoms with van der Waals surface area (Å²) in [4.78, 5) is 22.9. The van der Waals surface area contributed by atoms with Crippen LogP contribution in [0.15, 0.2) is 59.8 Å². The molecule has 1 atom stereocenters. The minimum absolute atomic E-state index is 0.0920. The Morgan fingerprint density at radius 3 is 2.57 bits per heavy atom. The fraction of sp³-hybridized carbons (Fsp3) is 0.296. The maximum atomic E-state index is 13.2. The normalized spacial score (nSPS) is 12.2. The standard InChI is InChI=1S/C27H29N7O2S/c1-5-23(26(35)28-19-10-12-20(36-4)13-11-19)37-27-29-22-9-7-6-8-21(22)25-30-24(32-34(25)27)14-15-33-18(3)16-17(2)31-33/h6-13,16,23H,5,14-15H2,1-4H3,(H,28,35)/t23-/m0/s1. The van der Waals surface area contributed by atoms with Crippen molar-refractivity contribution in [3.8, 4) is 5.75 Å². The summed E-state index contributed by atoms with van der Waals surface area (Å²) in [6, 6.07) is 17.2. The van der Waals surface area contributed by atoms with Gasteiger partial charge in [0, 0.05) is 29.7 Å². The predicted octanol–water partition coefficient (Wildman–Crippen LogP) is 4.85. The lowest BCUT2D eigenvalue weighted by Crippen LogP contribution is -2.25. The zero-order chi connectivity index (χ0) is 25.9. The molecular weight excluding hydrogens is 486 g/mol. The van der Waals surface area contributed by atoms with Crippen LogP contribution in [0.3, 0.4) is 0 Å². The SMILES string of the molecule is CC[C@H](Sc1nc2ccccc2c2nc(CCn3nc(C)cc3C)nn12)C(=O)Nc1ccc(OC)cc1. The Kier molecular flexibility index (Phi) is 7.09. The van der Waals surface area contributed by atoms with Crippen LogP contribution in [0.5, 0.6) is 5.75 Å². The molecule has 37 heavy (non-hydrogen) atoms. The number of thioether (sulfide) groups is 1. The number of fused-ring (bicyclic) bond motifs is 3. The van der Waals surface area contributed by atoms with Gasteiger partial charge in [-0.15, -0.1) is 5.10 Å². The number of amides is 1.